The number of benzene rings is 1. The molecule has 0 saturated heterocycles. The predicted octanol–water partition coefficient (Wildman–Crippen LogP) is 0.934. The van der Waals surface area contributed by atoms with Crippen molar-refractivity contribution >= 4 is 21.8 Å². The summed E-state index contributed by atoms with van der Waals surface area (Å²) in [5.41, 5.74) is 11.3. The number of nitrogens with two attached hydrogens (primary N) is 2. The first-order chi connectivity index (χ1) is 5.63. The average Bonchev–Trinajstić information content (AvgIpc) is 2.04. The zero-order chi connectivity index (χ0) is 9.14. The fourth-order valence-corrected chi connectivity index (χ4v) is 1.41. The van der Waals surface area contributed by atoms with Crippen molar-refractivity contribution < 1.29 is 4.79 Å². The van der Waals surface area contributed by atoms with Gasteiger partial charge in [0.05, 0.1) is 0 Å². The van der Waals surface area contributed by atoms with Crippen molar-refractivity contribution in [3.05, 3.63) is 34.3 Å². The second-order valence-corrected chi connectivity index (χ2v) is 3.26. The molecule has 4 heteroatoms. The summed E-state index contributed by atoms with van der Waals surface area (Å²) in [7, 11) is 0. The number of amides is 1. The molecule has 1 unspecified atom stereocenters. The molecule has 1 rings (SSSR count). The lowest BCUT2D eigenvalue weighted by Gasteiger charge is -2.08. The third-order valence-electron chi connectivity index (χ3n) is 1.55. The number of carbonyl (C=O) groups excluding carboxylic acids is 1. The number of hydrogen-bond acceptors (Lipinski definition) is 2. The maximum Gasteiger partial charge on any atom is 0.238 e. The summed E-state index contributed by atoms with van der Waals surface area (Å²) in [6.45, 7) is 0. The molecule has 0 aromatic heterocycles. The highest BCUT2D eigenvalue weighted by Gasteiger charge is 2.13. The molecule has 0 aliphatic carbocycles. The lowest BCUT2D eigenvalue weighted by Crippen LogP contribution is -2.28. The van der Waals surface area contributed by atoms with Crippen molar-refractivity contribution in [3.63, 3.8) is 0 Å². The van der Waals surface area contributed by atoms with E-state index in [1.165, 1.54) is 0 Å². The van der Waals surface area contributed by atoms with Crippen LogP contribution < -0.4 is 11.5 Å². The average molecular weight is 229 g/mol. The topological polar surface area (TPSA) is 69.1 Å². The second-order valence-electron chi connectivity index (χ2n) is 2.40. The van der Waals surface area contributed by atoms with Gasteiger partial charge in [-0.15, -0.1) is 0 Å². The van der Waals surface area contributed by atoms with Gasteiger partial charge in [-0.1, -0.05) is 34.1 Å². The van der Waals surface area contributed by atoms with Gasteiger partial charge in [-0.2, -0.15) is 0 Å². The molecule has 12 heavy (non-hydrogen) atoms. The van der Waals surface area contributed by atoms with E-state index in [4.69, 9.17) is 11.5 Å². The van der Waals surface area contributed by atoms with Gasteiger partial charge >= 0.3 is 0 Å². The minimum absolute atomic E-state index is 0.526. The van der Waals surface area contributed by atoms with Gasteiger partial charge in [0.2, 0.25) is 5.91 Å². The van der Waals surface area contributed by atoms with Crippen LogP contribution in [0, 0.1) is 0 Å². The normalized spacial score (nSPS) is 12.5. The van der Waals surface area contributed by atoms with Gasteiger partial charge < -0.3 is 11.5 Å². The highest BCUT2D eigenvalue weighted by molar-refractivity contribution is 9.10. The summed E-state index contributed by atoms with van der Waals surface area (Å²) in [6, 6.07) is 6.50. The second kappa shape index (κ2) is 3.69. The van der Waals surface area contributed by atoms with Crippen molar-refractivity contribution in [2.24, 2.45) is 11.5 Å². The number of carbonyl (C=O) groups is 1. The number of halogens is 1. The standard InChI is InChI=1S/C8H9BrN2O/c9-6-4-2-1-3-5(6)7(10)8(11)12/h1-4,7H,10H2,(H2,11,12). The molecule has 0 aliphatic rings. The van der Waals surface area contributed by atoms with Crippen LogP contribution in [0.25, 0.3) is 0 Å². The highest BCUT2D eigenvalue weighted by atomic mass is 79.9. The van der Waals surface area contributed by atoms with Crippen LogP contribution >= 0.6 is 15.9 Å². The summed E-state index contributed by atoms with van der Waals surface area (Å²) in [6.07, 6.45) is 0. The van der Waals surface area contributed by atoms with Gasteiger partial charge in [0, 0.05) is 4.47 Å². The van der Waals surface area contributed by atoms with Crippen LogP contribution in [0.4, 0.5) is 0 Å². The van der Waals surface area contributed by atoms with Crippen molar-refractivity contribution in [2.75, 3.05) is 0 Å². The first-order valence-electron chi connectivity index (χ1n) is 3.42. The van der Waals surface area contributed by atoms with Crippen LogP contribution in [0.1, 0.15) is 11.6 Å². The molecule has 1 atom stereocenters. The molecule has 0 radical (unpaired) electrons. The molecule has 4 N–H and O–H groups in total. The molecule has 1 aromatic carbocycles. The molecule has 0 heterocycles. The Morgan fingerprint density at radius 2 is 2.00 bits per heavy atom. The van der Waals surface area contributed by atoms with Gasteiger partial charge in [-0.05, 0) is 11.6 Å². The lowest BCUT2D eigenvalue weighted by atomic mass is 10.1. The molecule has 0 fully saturated rings. The predicted molar refractivity (Wildman–Crippen MR) is 50.3 cm³/mol. The number of hydrogen-bond donors (Lipinski definition) is 2. The van der Waals surface area contributed by atoms with Crippen molar-refractivity contribution in [1.82, 2.24) is 0 Å². The van der Waals surface area contributed by atoms with Gasteiger partial charge in [0.1, 0.15) is 6.04 Å². The van der Waals surface area contributed by atoms with E-state index in [-0.39, 0.29) is 0 Å². The first kappa shape index (κ1) is 9.22. The van der Waals surface area contributed by atoms with Crippen LogP contribution in [0.5, 0.6) is 0 Å². The monoisotopic (exact) mass is 228 g/mol. The zero-order valence-corrected chi connectivity index (χ0v) is 7.91. The van der Waals surface area contributed by atoms with Gasteiger partial charge in [-0.25, -0.2) is 0 Å². The van der Waals surface area contributed by atoms with Crippen molar-refractivity contribution in [1.29, 1.82) is 0 Å². The maximum atomic E-state index is 10.7. The number of primary amides is 1. The molecule has 1 amide bonds. The summed E-state index contributed by atoms with van der Waals surface area (Å²) in [4.78, 5) is 10.7. The Balaban J connectivity index is 3.02. The van der Waals surface area contributed by atoms with Crippen LogP contribution in [-0.4, -0.2) is 5.91 Å². The zero-order valence-electron chi connectivity index (χ0n) is 6.33. The molecule has 0 aliphatic heterocycles. The fourth-order valence-electron chi connectivity index (χ4n) is 0.881. The van der Waals surface area contributed by atoms with Gasteiger partial charge in [0.25, 0.3) is 0 Å². The minimum Gasteiger partial charge on any atom is -0.368 e. The third kappa shape index (κ3) is 1.84. The van der Waals surface area contributed by atoms with Crippen LogP contribution in [-0.2, 0) is 4.79 Å². The van der Waals surface area contributed by atoms with E-state index in [9.17, 15) is 4.79 Å². The summed E-state index contributed by atoms with van der Waals surface area (Å²) in [5.74, 6) is -0.526. The molecule has 0 bridgehead atoms. The Morgan fingerprint density at radius 1 is 1.42 bits per heavy atom. The Morgan fingerprint density at radius 3 is 2.50 bits per heavy atom. The molecule has 64 valence electrons. The van der Waals surface area contributed by atoms with E-state index in [2.05, 4.69) is 15.9 Å². The van der Waals surface area contributed by atoms with Crippen molar-refractivity contribution in [3.8, 4) is 0 Å². The van der Waals surface area contributed by atoms with E-state index in [1.54, 1.807) is 6.07 Å². The minimum atomic E-state index is -0.736. The smallest absolute Gasteiger partial charge is 0.238 e. The molecule has 1 aromatic rings. The van der Waals surface area contributed by atoms with Crippen LogP contribution in [0.2, 0.25) is 0 Å². The highest BCUT2D eigenvalue weighted by Crippen LogP contribution is 2.20. The van der Waals surface area contributed by atoms with E-state index >= 15 is 0 Å². The molecular formula is C8H9BrN2O. The summed E-state index contributed by atoms with van der Waals surface area (Å²) in [5, 5.41) is 0. The van der Waals surface area contributed by atoms with E-state index in [1.807, 2.05) is 18.2 Å². The molecule has 3 nitrogen and oxygen atoms in total. The lowest BCUT2D eigenvalue weighted by molar-refractivity contribution is -0.119. The van der Waals surface area contributed by atoms with Crippen LogP contribution in [0.3, 0.4) is 0 Å². The van der Waals surface area contributed by atoms with Gasteiger partial charge in [-0.3, -0.25) is 4.79 Å². The van der Waals surface area contributed by atoms with Crippen molar-refractivity contribution in [2.45, 2.75) is 6.04 Å². The molecule has 0 saturated carbocycles. The Hall–Kier alpha value is -0.870. The Bertz CT molecular complexity index is 301. The number of rotatable bonds is 2. The fraction of sp³-hybridized carbons (Fsp3) is 0.125. The Labute approximate surface area is 78.9 Å². The SMILES string of the molecule is NC(=O)C(N)c1ccccc1Br. The summed E-state index contributed by atoms with van der Waals surface area (Å²) >= 11 is 3.28. The van der Waals surface area contributed by atoms with E-state index < -0.39 is 11.9 Å². The van der Waals surface area contributed by atoms with Gasteiger partial charge in [0.15, 0.2) is 0 Å². The maximum absolute atomic E-state index is 10.7. The first-order valence-corrected chi connectivity index (χ1v) is 4.21. The molecular weight excluding hydrogens is 220 g/mol. The molecule has 0 spiro atoms. The quantitative estimate of drug-likeness (QED) is 0.792. The Kier molecular flexibility index (Phi) is 2.83. The van der Waals surface area contributed by atoms with E-state index in [0.717, 1.165) is 4.47 Å². The largest absolute Gasteiger partial charge is 0.368 e. The van der Waals surface area contributed by atoms with E-state index in [0.29, 0.717) is 5.56 Å². The van der Waals surface area contributed by atoms with Crippen LogP contribution in [0.15, 0.2) is 28.7 Å². The third-order valence-corrected chi connectivity index (χ3v) is 2.27. The summed E-state index contributed by atoms with van der Waals surface area (Å²) < 4.78 is 0.802.